The van der Waals surface area contributed by atoms with Crippen LogP contribution < -0.4 is 0 Å². The van der Waals surface area contributed by atoms with Crippen LogP contribution in [0.1, 0.15) is 50.2 Å². The van der Waals surface area contributed by atoms with Crippen LogP contribution in [-0.4, -0.2) is 14.5 Å². The summed E-state index contributed by atoms with van der Waals surface area (Å²) in [6, 6.07) is 16.7. The van der Waals surface area contributed by atoms with Gasteiger partial charge in [-0.3, -0.25) is 4.18 Å². The van der Waals surface area contributed by atoms with Crippen LogP contribution in [0.4, 0.5) is 0 Å². The highest BCUT2D eigenvalue weighted by Crippen LogP contribution is 2.20. The summed E-state index contributed by atoms with van der Waals surface area (Å²) >= 11 is 0. The van der Waals surface area contributed by atoms with Crippen LogP contribution in [0.15, 0.2) is 59.5 Å². The number of benzene rings is 2. The summed E-state index contributed by atoms with van der Waals surface area (Å²) < 4.78 is 30.8. The zero-order chi connectivity index (χ0) is 18.1. The summed E-state index contributed by atoms with van der Waals surface area (Å²) in [5, 5.41) is 0. The highest BCUT2D eigenvalue weighted by molar-refractivity contribution is 7.86. The van der Waals surface area contributed by atoms with Gasteiger partial charge in [-0.05, 0) is 31.0 Å². The Labute approximate surface area is 152 Å². The van der Waals surface area contributed by atoms with Crippen LogP contribution in [-0.2, 0) is 20.7 Å². The molecule has 1 atom stereocenters. The van der Waals surface area contributed by atoms with Crippen molar-refractivity contribution in [3.05, 3.63) is 65.7 Å². The van der Waals surface area contributed by atoms with Gasteiger partial charge >= 0.3 is 0 Å². The molecule has 0 fully saturated rings. The first-order valence-corrected chi connectivity index (χ1v) is 10.5. The Morgan fingerprint density at radius 1 is 0.920 bits per heavy atom. The van der Waals surface area contributed by atoms with Crippen LogP contribution in [0.5, 0.6) is 0 Å². The third-order valence-corrected chi connectivity index (χ3v) is 5.63. The van der Waals surface area contributed by atoms with Gasteiger partial charge in [0.15, 0.2) is 0 Å². The van der Waals surface area contributed by atoms with E-state index in [2.05, 4.69) is 6.92 Å². The fraction of sp³-hybridized carbons (Fsp3) is 0.429. The predicted octanol–water partition coefficient (Wildman–Crippen LogP) is 5.28. The topological polar surface area (TPSA) is 43.4 Å². The summed E-state index contributed by atoms with van der Waals surface area (Å²) in [4.78, 5) is 0.227. The van der Waals surface area contributed by atoms with E-state index < -0.39 is 10.1 Å². The first kappa shape index (κ1) is 19.7. The van der Waals surface area contributed by atoms with Gasteiger partial charge < -0.3 is 0 Å². The summed E-state index contributed by atoms with van der Waals surface area (Å²) in [6.45, 7) is 4.10. The Kier molecular flexibility index (Phi) is 7.66. The number of hydrogen-bond donors (Lipinski definition) is 0. The summed E-state index contributed by atoms with van der Waals surface area (Å²) in [7, 11) is -3.74. The number of unbranched alkanes of at least 4 members (excludes halogenated alkanes) is 3. The van der Waals surface area contributed by atoms with Crippen molar-refractivity contribution in [1.82, 2.24) is 0 Å². The lowest BCUT2D eigenvalue weighted by Gasteiger charge is -2.18. The zero-order valence-electron chi connectivity index (χ0n) is 15.1. The van der Waals surface area contributed by atoms with E-state index in [9.17, 15) is 8.42 Å². The molecule has 3 nitrogen and oxygen atoms in total. The SMILES string of the molecule is CCCCCC[C@H](Cc1ccccc1)OS(=O)(=O)c1ccc(C)cc1. The monoisotopic (exact) mass is 360 g/mol. The second-order valence-corrected chi connectivity index (χ2v) is 8.10. The van der Waals surface area contributed by atoms with Gasteiger partial charge in [0.05, 0.1) is 11.0 Å². The molecule has 2 rings (SSSR count). The molecule has 0 unspecified atom stereocenters. The molecule has 0 aliphatic heterocycles. The molecule has 0 bridgehead atoms. The molecule has 136 valence electrons. The van der Waals surface area contributed by atoms with Gasteiger partial charge in [0.25, 0.3) is 10.1 Å². The quantitative estimate of drug-likeness (QED) is 0.427. The summed E-state index contributed by atoms with van der Waals surface area (Å²) in [5.41, 5.74) is 2.13. The highest BCUT2D eigenvalue weighted by atomic mass is 32.2. The van der Waals surface area contributed by atoms with Crippen LogP contribution >= 0.6 is 0 Å². The van der Waals surface area contributed by atoms with Gasteiger partial charge in [-0.15, -0.1) is 0 Å². The number of hydrogen-bond acceptors (Lipinski definition) is 3. The van der Waals surface area contributed by atoms with Crippen LogP contribution in [0.3, 0.4) is 0 Å². The average Bonchev–Trinajstić information content (AvgIpc) is 2.59. The summed E-state index contributed by atoms with van der Waals surface area (Å²) in [6.07, 6.45) is 5.45. The van der Waals surface area contributed by atoms with Crippen molar-refractivity contribution < 1.29 is 12.6 Å². The lowest BCUT2D eigenvalue weighted by atomic mass is 10.0. The average molecular weight is 361 g/mol. The minimum atomic E-state index is -3.74. The highest BCUT2D eigenvalue weighted by Gasteiger charge is 2.22. The molecule has 0 saturated heterocycles. The first-order chi connectivity index (χ1) is 12.0. The number of aryl methyl sites for hydroxylation is 1. The maximum Gasteiger partial charge on any atom is 0.297 e. The molecule has 2 aromatic rings. The van der Waals surface area contributed by atoms with Gasteiger partial charge in [0.2, 0.25) is 0 Å². The third kappa shape index (κ3) is 6.63. The van der Waals surface area contributed by atoms with Gasteiger partial charge in [-0.25, -0.2) is 0 Å². The molecular weight excluding hydrogens is 332 g/mol. The molecule has 0 aliphatic rings. The normalized spacial score (nSPS) is 12.9. The van der Waals surface area contributed by atoms with Gasteiger partial charge in [0.1, 0.15) is 0 Å². The molecule has 0 aromatic heterocycles. The molecule has 0 N–H and O–H groups in total. The fourth-order valence-corrected chi connectivity index (χ4v) is 3.90. The molecule has 0 aliphatic carbocycles. The molecule has 0 radical (unpaired) electrons. The lowest BCUT2D eigenvalue weighted by molar-refractivity contribution is 0.194. The molecule has 0 amide bonds. The molecule has 25 heavy (non-hydrogen) atoms. The van der Waals surface area contributed by atoms with Crippen molar-refractivity contribution in [2.24, 2.45) is 0 Å². The van der Waals surface area contributed by atoms with Gasteiger partial charge in [-0.1, -0.05) is 80.6 Å². The minimum Gasteiger partial charge on any atom is -0.263 e. The van der Waals surface area contributed by atoms with E-state index in [1.807, 2.05) is 37.3 Å². The van der Waals surface area contributed by atoms with E-state index in [1.165, 1.54) is 6.42 Å². The largest absolute Gasteiger partial charge is 0.297 e. The Hall–Kier alpha value is -1.65. The van der Waals surface area contributed by atoms with Gasteiger partial charge in [-0.2, -0.15) is 8.42 Å². The maximum absolute atomic E-state index is 12.6. The molecular formula is C21H28O3S. The fourth-order valence-electron chi connectivity index (χ4n) is 2.80. The van der Waals surface area contributed by atoms with Crippen molar-refractivity contribution in [3.8, 4) is 0 Å². The second kappa shape index (κ2) is 9.73. The molecule has 0 spiro atoms. The van der Waals surface area contributed by atoms with Crippen LogP contribution in [0.25, 0.3) is 0 Å². The maximum atomic E-state index is 12.6. The minimum absolute atomic E-state index is 0.227. The smallest absolute Gasteiger partial charge is 0.263 e. The Balaban J connectivity index is 2.09. The Morgan fingerprint density at radius 3 is 2.24 bits per heavy atom. The molecule has 2 aromatic carbocycles. The first-order valence-electron chi connectivity index (χ1n) is 9.05. The lowest BCUT2D eigenvalue weighted by Crippen LogP contribution is -2.21. The summed E-state index contributed by atoms with van der Waals surface area (Å²) in [5.74, 6) is 0. The Morgan fingerprint density at radius 2 is 1.60 bits per heavy atom. The third-order valence-electron chi connectivity index (χ3n) is 4.26. The van der Waals surface area contributed by atoms with Crippen molar-refractivity contribution >= 4 is 10.1 Å². The standard InChI is InChI=1S/C21H28O3S/c1-3-4-5-9-12-20(17-19-10-7-6-8-11-19)24-25(22,23)21-15-13-18(2)14-16-21/h6-8,10-11,13-16,20H,3-5,9,12,17H2,1-2H3/t20-/m1/s1. The van der Waals surface area contributed by atoms with Crippen molar-refractivity contribution in [1.29, 1.82) is 0 Å². The van der Waals surface area contributed by atoms with E-state index >= 15 is 0 Å². The van der Waals surface area contributed by atoms with Crippen LogP contribution in [0, 0.1) is 6.92 Å². The molecule has 0 heterocycles. The van der Waals surface area contributed by atoms with E-state index in [-0.39, 0.29) is 11.0 Å². The van der Waals surface area contributed by atoms with Crippen molar-refractivity contribution in [3.63, 3.8) is 0 Å². The van der Waals surface area contributed by atoms with E-state index in [0.29, 0.717) is 6.42 Å². The molecule has 0 saturated carbocycles. The van der Waals surface area contributed by atoms with Gasteiger partial charge in [0, 0.05) is 6.42 Å². The molecule has 4 heteroatoms. The number of rotatable bonds is 10. The second-order valence-electron chi connectivity index (χ2n) is 6.52. The van der Waals surface area contributed by atoms with Crippen molar-refractivity contribution in [2.75, 3.05) is 0 Å². The van der Waals surface area contributed by atoms with E-state index in [4.69, 9.17) is 4.18 Å². The van der Waals surface area contributed by atoms with Crippen LogP contribution in [0.2, 0.25) is 0 Å². The van der Waals surface area contributed by atoms with Crippen molar-refractivity contribution in [2.45, 2.75) is 63.4 Å². The zero-order valence-corrected chi connectivity index (χ0v) is 16.0. The Bertz CT molecular complexity index is 721. The van der Waals surface area contributed by atoms with E-state index in [1.54, 1.807) is 24.3 Å². The van der Waals surface area contributed by atoms with E-state index in [0.717, 1.165) is 36.8 Å². The predicted molar refractivity (Wildman–Crippen MR) is 102 cm³/mol.